The number of rotatable bonds is 10. The molecule has 0 saturated carbocycles. The number of amides is 1. The molecule has 0 fully saturated rings. The lowest BCUT2D eigenvalue weighted by atomic mass is 10.1. The van der Waals surface area contributed by atoms with Crippen molar-refractivity contribution in [2.45, 2.75) is 34.3 Å². The molecule has 0 aromatic heterocycles. The minimum Gasteiger partial charge on any atom is -0.494 e. The molecule has 0 aliphatic carbocycles. The molecule has 1 N–H and O–H groups in total. The molecule has 1 amide bonds. The average Bonchev–Trinajstić information content (AvgIpc) is 2.85. The van der Waals surface area contributed by atoms with E-state index in [2.05, 4.69) is 31.3 Å². The van der Waals surface area contributed by atoms with Crippen LogP contribution in [0.1, 0.15) is 36.1 Å². The molecule has 0 unspecified atom stereocenters. The van der Waals surface area contributed by atoms with Crippen LogP contribution in [-0.2, 0) is 11.4 Å². The molecule has 0 atom stereocenters. The van der Waals surface area contributed by atoms with E-state index in [1.54, 1.807) is 42.5 Å². The van der Waals surface area contributed by atoms with E-state index in [-0.39, 0.29) is 5.57 Å². The zero-order valence-corrected chi connectivity index (χ0v) is 20.6. The molecule has 6 heteroatoms. The molecule has 35 heavy (non-hydrogen) atoms. The molecule has 6 nitrogen and oxygen atoms in total. The van der Waals surface area contributed by atoms with Crippen LogP contribution < -0.4 is 19.5 Å². The molecular weight excluding hydrogens is 440 g/mol. The zero-order chi connectivity index (χ0) is 25.2. The number of carbonyl (C=O) groups is 1. The summed E-state index contributed by atoms with van der Waals surface area (Å²) in [7, 11) is 0. The fourth-order valence-electron chi connectivity index (χ4n) is 3.37. The number of ether oxygens (including phenoxy) is 3. The van der Waals surface area contributed by atoms with Crippen LogP contribution in [0, 0.1) is 25.2 Å². The van der Waals surface area contributed by atoms with Crippen LogP contribution in [0.4, 0.5) is 5.69 Å². The van der Waals surface area contributed by atoms with Crippen molar-refractivity contribution in [2.75, 3.05) is 18.5 Å². The number of carbonyl (C=O) groups excluding carboxylic acids is 1. The van der Waals surface area contributed by atoms with Gasteiger partial charge in [-0.05, 0) is 92.4 Å². The lowest BCUT2D eigenvalue weighted by Gasteiger charge is -2.13. The molecule has 3 aromatic rings. The van der Waals surface area contributed by atoms with Crippen molar-refractivity contribution in [1.29, 1.82) is 5.26 Å². The van der Waals surface area contributed by atoms with Crippen molar-refractivity contribution in [3.05, 3.63) is 88.5 Å². The van der Waals surface area contributed by atoms with Gasteiger partial charge in [-0.1, -0.05) is 24.3 Å². The number of anilines is 1. The lowest BCUT2D eigenvalue weighted by Crippen LogP contribution is -2.13. The first-order valence-electron chi connectivity index (χ1n) is 11.5. The van der Waals surface area contributed by atoms with Crippen molar-refractivity contribution in [1.82, 2.24) is 0 Å². The Morgan fingerprint density at radius 3 is 2.29 bits per heavy atom. The van der Waals surface area contributed by atoms with E-state index in [4.69, 9.17) is 14.2 Å². The van der Waals surface area contributed by atoms with E-state index in [1.807, 2.05) is 26.0 Å². The molecule has 0 spiro atoms. The Morgan fingerprint density at radius 1 is 0.886 bits per heavy atom. The fraction of sp³-hybridized carbons (Fsp3) is 0.241. The molecule has 0 aliphatic heterocycles. The zero-order valence-electron chi connectivity index (χ0n) is 20.6. The molecule has 0 aliphatic rings. The van der Waals surface area contributed by atoms with Crippen molar-refractivity contribution < 1.29 is 19.0 Å². The van der Waals surface area contributed by atoms with Crippen molar-refractivity contribution in [3.8, 4) is 23.3 Å². The summed E-state index contributed by atoms with van der Waals surface area (Å²) >= 11 is 0. The second-order valence-corrected chi connectivity index (χ2v) is 7.93. The summed E-state index contributed by atoms with van der Waals surface area (Å²) in [5, 5.41) is 12.3. The molecule has 0 heterocycles. The smallest absolute Gasteiger partial charge is 0.266 e. The van der Waals surface area contributed by atoms with Gasteiger partial charge in [0, 0.05) is 5.69 Å². The predicted octanol–water partition coefficient (Wildman–Crippen LogP) is 6.23. The van der Waals surface area contributed by atoms with Gasteiger partial charge in [0.15, 0.2) is 11.5 Å². The quantitative estimate of drug-likeness (QED) is 0.281. The first kappa shape index (κ1) is 25.4. The predicted molar refractivity (Wildman–Crippen MR) is 138 cm³/mol. The SMILES string of the molecule is CCOc1ccc(NC(=O)/C(C#N)=C/c2ccc(OCc3ccc(C)c(C)c3)c(OCC)c2)cc1. The third-order valence-electron chi connectivity index (χ3n) is 5.33. The van der Waals surface area contributed by atoms with Gasteiger partial charge in [-0.3, -0.25) is 4.79 Å². The second kappa shape index (κ2) is 12.3. The van der Waals surface area contributed by atoms with Crippen LogP contribution in [0.2, 0.25) is 0 Å². The van der Waals surface area contributed by atoms with E-state index >= 15 is 0 Å². The van der Waals surface area contributed by atoms with Crippen LogP contribution in [0.15, 0.2) is 66.2 Å². The van der Waals surface area contributed by atoms with Gasteiger partial charge in [0.2, 0.25) is 0 Å². The van der Waals surface area contributed by atoms with Gasteiger partial charge in [0.25, 0.3) is 5.91 Å². The van der Waals surface area contributed by atoms with Gasteiger partial charge in [-0.15, -0.1) is 0 Å². The van der Waals surface area contributed by atoms with Crippen LogP contribution in [0.25, 0.3) is 6.08 Å². The molecule has 3 aromatic carbocycles. The number of nitriles is 1. The molecule has 3 rings (SSSR count). The monoisotopic (exact) mass is 470 g/mol. The van der Waals surface area contributed by atoms with Crippen molar-refractivity contribution >= 4 is 17.7 Å². The fourth-order valence-corrected chi connectivity index (χ4v) is 3.37. The molecule has 0 saturated heterocycles. The lowest BCUT2D eigenvalue weighted by molar-refractivity contribution is -0.112. The highest BCUT2D eigenvalue weighted by Gasteiger charge is 2.12. The number of hydrogen-bond donors (Lipinski definition) is 1. The van der Waals surface area contributed by atoms with Gasteiger partial charge in [-0.2, -0.15) is 5.26 Å². The van der Waals surface area contributed by atoms with E-state index in [0.717, 1.165) is 5.56 Å². The summed E-state index contributed by atoms with van der Waals surface area (Å²) in [5.74, 6) is 1.36. The Bertz CT molecular complexity index is 1240. The van der Waals surface area contributed by atoms with E-state index in [9.17, 15) is 10.1 Å². The highest BCUT2D eigenvalue weighted by Crippen LogP contribution is 2.30. The standard InChI is InChI=1S/C29H30N2O4/c1-5-33-26-12-10-25(11-13-26)31-29(32)24(18-30)16-22-9-14-27(28(17-22)34-6-2)35-19-23-8-7-20(3)21(4)15-23/h7-17H,5-6,19H2,1-4H3,(H,31,32)/b24-16+. The van der Waals surface area contributed by atoms with Gasteiger partial charge in [0.1, 0.15) is 24.0 Å². The van der Waals surface area contributed by atoms with Crippen molar-refractivity contribution in [2.24, 2.45) is 0 Å². The van der Waals surface area contributed by atoms with Gasteiger partial charge >= 0.3 is 0 Å². The Morgan fingerprint density at radius 2 is 1.63 bits per heavy atom. The molecule has 0 radical (unpaired) electrons. The van der Waals surface area contributed by atoms with Gasteiger partial charge in [-0.25, -0.2) is 0 Å². The maximum absolute atomic E-state index is 12.7. The maximum atomic E-state index is 12.7. The normalized spacial score (nSPS) is 10.9. The molecule has 0 bridgehead atoms. The highest BCUT2D eigenvalue weighted by molar-refractivity contribution is 6.09. The Labute approximate surface area is 206 Å². The third-order valence-corrected chi connectivity index (χ3v) is 5.33. The largest absolute Gasteiger partial charge is 0.494 e. The summed E-state index contributed by atoms with van der Waals surface area (Å²) in [6.07, 6.45) is 1.53. The second-order valence-electron chi connectivity index (χ2n) is 7.93. The number of benzene rings is 3. The topological polar surface area (TPSA) is 80.6 Å². The summed E-state index contributed by atoms with van der Waals surface area (Å²) < 4.78 is 17.2. The first-order chi connectivity index (χ1) is 16.9. The van der Waals surface area contributed by atoms with Crippen LogP contribution >= 0.6 is 0 Å². The molecular formula is C29H30N2O4. The van der Waals surface area contributed by atoms with Gasteiger partial charge in [0.05, 0.1) is 13.2 Å². The average molecular weight is 471 g/mol. The summed E-state index contributed by atoms with van der Waals surface area (Å²) in [6.45, 7) is 9.37. The summed E-state index contributed by atoms with van der Waals surface area (Å²) in [5.41, 5.74) is 4.72. The summed E-state index contributed by atoms with van der Waals surface area (Å²) in [6, 6.07) is 20.5. The van der Waals surface area contributed by atoms with E-state index < -0.39 is 5.91 Å². The maximum Gasteiger partial charge on any atom is 0.266 e. The highest BCUT2D eigenvalue weighted by atomic mass is 16.5. The molecule has 180 valence electrons. The number of nitrogens with zero attached hydrogens (tertiary/aromatic N) is 1. The first-order valence-corrected chi connectivity index (χ1v) is 11.5. The van der Waals surface area contributed by atoms with Crippen LogP contribution in [0.3, 0.4) is 0 Å². The van der Waals surface area contributed by atoms with Crippen molar-refractivity contribution in [3.63, 3.8) is 0 Å². The summed E-state index contributed by atoms with van der Waals surface area (Å²) in [4.78, 5) is 12.7. The van der Waals surface area contributed by atoms with Crippen LogP contribution in [-0.4, -0.2) is 19.1 Å². The van der Waals surface area contributed by atoms with Gasteiger partial charge < -0.3 is 19.5 Å². The minimum absolute atomic E-state index is 0.0230. The number of aryl methyl sites for hydroxylation is 2. The Kier molecular flexibility index (Phi) is 8.91. The van der Waals surface area contributed by atoms with E-state index in [0.29, 0.717) is 48.3 Å². The number of hydrogen-bond acceptors (Lipinski definition) is 5. The Balaban J connectivity index is 1.74. The minimum atomic E-state index is -0.496. The third kappa shape index (κ3) is 7.12. The van der Waals surface area contributed by atoms with E-state index in [1.165, 1.54) is 17.2 Å². The van der Waals surface area contributed by atoms with Crippen LogP contribution in [0.5, 0.6) is 17.2 Å². The Hall–Kier alpha value is -4.24. The number of nitrogens with one attached hydrogen (secondary N) is 1.